The lowest BCUT2D eigenvalue weighted by Crippen LogP contribution is -2.55. The van der Waals surface area contributed by atoms with Crippen LogP contribution in [-0.4, -0.2) is 47.1 Å². The lowest BCUT2D eigenvalue weighted by Gasteiger charge is -2.42. The Hall–Kier alpha value is -1.73. The van der Waals surface area contributed by atoms with Crippen LogP contribution in [0.3, 0.4) is 0 Å². The number of amides is 1. The van der Waals surface area contributed by atoms with Crippen LogP contribution in [0.1, 0.15) is 36.0 Å². The van der Waals surface area contributed by atoms with E-state index in [-0.39, 0.29) is 29.2 Å². The van der Waals surface area contributed by atoms with Crippen molar-refractivity contribution in [1.29, 1.82) is 0 Å². The van der Waals surface area contributed by atoms with E-state index in [2.05, 4.69) is 5.32 Å². The first kappa shape index (κ1) is 18.1. The van der Waals surface area contributed by atoms with Gasteiger partial charge < -0.3 is 10.4 Å². The Morgan fingerprint density at radius 2 is 1.88 bits per heavy atom. The summed E-state index contributed by atoms with van der Waals surface area (Å²) >= 11 is 5.80. The van der Waals surface area contributed by atoms with Gasteiger partial charge in [0.15, 0.2) is 11.6 Å². The van der Waals surface area contributed by atoms with E-state index in [9.17, 15) is 18.4 Å². The van der Waals surface area contributed by atoms with Gasteiger partial charge in [-0.2, -0.15) is 0 Å². The van der Waals surface area contributed by atoms with E-state index in [1.807, 2.05) is 4.90 Å². The van der Waals surface area contributed by atoms with E-state index in [4.69, 9.17) is 16.7 Å². The molecule has 1 amide bonds. The number of carbonyl (C=O) groups excluding carboxylic acids is 1. The average Bonchev–Trinajstić information content (AvgIpc) is 3.29. The highest BCUT2D eigenvalue weighted by Gasteiger charge is 2.38. The molecule has 25 heavy (non-hydrogen) atoms. The Labute approximate surface area is 148 Å². The number of carbonyl (C=O) groups is 2. The van der Waals surface area contributed by atoms with Gasteiger partial charge in [-0.25, -0.2) is 8.78 Å². The molecule has 0 radical (unpaired) electrons. The normalized spacial score (nSPS) is 22.6. The first-order valence-corrected chi connectivity index (χ1v) is 8.62. The van der Waals surface area contributed by atoms with Crippen molar-refractivity contribution in [2.45, 2.75) is 37.8 Å². The van der Waals surface area contributed by atoms with Crippen molar-refractivity contribution in [3.63, 3.8) is 0 Å². The zero-order valence-corrected chi connectivity index (χ0v) is 14.2. The molecular formula is C17H19ClF2N2O3. The quantitative estimate of drug-likeness (QED) is 0.722. The molecule has 0 unspecified atom stereocenters. The maximum Gasteiger partial charge on any atom is 0.317 e. The Morgan fingerprint density at radius 3 is 2.48 bits per heavy atom. The molecule has 0 heterocycles. The molecule has 5 nitrogen and oxygen atoms in total. The average molecular weight is 373 g/mol. The zero-order chi connectivity index (χ0) is 18.1. The summed E-state index contributed by atoms with van der Waals surface area (Å²) < 4.78 is 26.4. The highest BCUT2D eigenvalue weighted by molar-refractivity contribution is 6.33. The minimum absolute atomic E-state index is 0.00314. The van der Waals surface area contributed by atoms with Crippen molar-refractivity contribution in [1.82, 2.24) is 10.2 Å². The molecule has 0 atom stereocenters. The fourth-order valence-corrected chi connectivity index (χ4v) is 3.35. The second kappa shape index (κ2) is 7.25. The van der Waals surface area contributed by atoms with Gasteiger partial charge in [-0.05, 0) is 43.7 Å². The Balaban J connectivity index is 1.54. The van der Waals surface area contributed by atoms with Gasteiger partial charge in [0, 0.05) is 18.6 Å². The third-order valence-electron chi connectivity index (χ3n) is 4.75. The van der Waals surface area contributed by atoms with Crippen LogP contribution in [0.4, 0.5) is 8.78 Å². The maximum atomic E-state index is 13.3. The van der Waals surface area contributed by atoms with Crippen molar-refractivity contribution in [3.05, 3.63) is 34.4 Å². The third kappa shape index (κ3) is 4.46. The lowest BCUT2D eigenvalue weighted by atomic mass is 9.85. The number of hydrogen-bond donors (Lipinski definition) is 2. The van der Waals surface area contributed by atoms with Crippen LogP contribution < -0.4 is 5.32 Å². The number of hydrogen-bond acceptors (Lipinski definition) is 3. The van der Waals surface area contributed by atoms with Crippen LogP contribution in [0.15, 0.2) is 12.1 Å². The Kier molecular flexibility index (Phi) is 5.24. The van der Waals surface area contributed by atoms with E-state index in [1.165, 1.54) is 0 Å². The topological polar surface area (TPSA) is 69.6 Å². The number of halogens is 3. The number of nitrogens with one attached hydrogen (secondary N) is 1. The lowest BCUT2D eigenvalue weighted by molar-refractivity contribution is -0.139. The maximum absolute atomic E-state index is 13.3. The van der Waals surface area contributed by atoms with Crippen LogP contribution in [0.2, 0.25) is 5.02 Å². The van der Waals surface area contributed by atoms with Crippen LogP contribution in [0, 0.1) is 17.6 Å². The van der Waals surface area contributed by atoms with Crippen LogP contribution in [-0.2, 0) is 4.79 Å². The fraction of sp³-hybridized carbons (Fsp3) is 0.529. The van der Waals surface area contributed by atoms with Crippen molar-refractivity contribution >= 4 is 23.5 Å². The third-order valence-corrected chi connectivity index (χ3v) is 5.06. The fourth-order valence-electron chi connectivity index (χ4n) is 3.11. The van der Waals surface area contributed by atoms with Crippen molar-refractivity contribution in [2.24, 2.45) is 5.92 Å². The number of carboxylic acids is 1. The first-order valence-electron chi connectivity index (χ1n) is 8.24. The number of benzene rings is 1. The minimum Gasteiger partial charge on any atom is -0.480 e. The number of rotatable bonds is 7. The minimum atomic E-state index is -1.13. The zero-order valence-electron chi connectivity index (χ0n) is 13.5. The highest BCUT2D eigenvalue weighted by Crippen LogP contribution is 2.34. The van der Waals surface area contributed by atoms with Gasteiger partial charge >= 0.3 is 5.97 Å². The molecule has 0 aliphatic heterocycles. The summed E-state index contributed by atoms with van der Waals surface area (Å²) in [5.74, 6) is -3.07. The Morgan fingerprint density at radius 1 is 1.24 bits per heavy atom. The molecule has 0 bridgehead atoms. The largest absolute Gasteiger partial charge is 0.480 e. The van der Waals surface area contributed by atoms with Gasteiger partial charge in [0.25, 0.3) is 5.91 Å². The standard InChI is InChI=1S/C17H19ClF2N2O3/c18-13-6-15(20)14(19)5-12(13)17(25)21-10-3-11(4-10)22(8-16(23)24)7-9-1-2-9/h5-6,9-11H,1-4,7-8H2,(H,21,25)(H,23,24). The molecule has 1 aromatic rings. The molecule has 2 aliphatic rings. The molecule has 0 saturated heterocycles. The number of nitrogens with zero attached hydrogens (tertiary/aromatic N) is 1. The molecule has 2 fully saturated rings. The van der Waals surface area contributed by atoms with E-state index in [0.29, 0.717) is 18.8 Å². The molecule has 0 spiro atoms. The molecule has 8 heteroatoms. The summed E-state index contributed by atoms with van der Waals surface area (Å²) in [6.45, 7) is 0.767. The predicted octanol–water partition coefficient (Wildman–Crippen LogP) is 2.68. The second-order valence-electron chi connectivity index (χ2n) is 6.81. The van der Waals surface area contributed by atoms with Crippen LogP contribution in [0.25, 0.3) is 0 Å². The monoisotopic (exact) mass is 372 g/mol. The van der Waals surface area contributed by atoms with Gasteiger partial charge in [0.2, 0.25) is 0 Å². The molecule has 1 aromatic carbocycles. The second-order valence-corrected chi connectivity index (χ2v) is 7.22. The molecule has 136 valence electrons. The van der Waals surface area contributed by atoms with E-state index < -0.39 is 23.5 Å². The SMILES string of the molecule is O=C(O)CN(CC1CC1)C1CC(NC(=O)c2cc(F)c(F)cc2Cl)C1. The molecule has 0 aromatic heterocycles. The predicted molar refractivity (Wildman–Crippen MR) is 87.6 cm³/mol. The summed E-state index contributed by atoms with van der Waals surface area (Å²) in [5.41, 5.74) is -0.107. The van der Waals surface area contributed by atoms with Crippen molar-refractivity contribution in [3.8, 4) is 0 Å². The van der Waals surface area contributed by atoms with Gasteiger partial charge in [0.05, 0.1) is 17.1 Å². The molecule has 2 aliphatic carbocycles. The molecular weight excluding hydrogens is 354 g/mol. The molecule has 2 saturated carbocycles. The van der Waals surface area contributed by atoms with E-state index >= 15 is 0 Å². The summed E-state index contributed by atoms with van der Waals surface area (Å²) in [5, 5.41) is 11.6. The van der Waals surface area contributed by atoms with E-state index in [0.717, 1.165) is 31.5 Å². The summed E-state index contributed by atoms with van der Waals surface area (Å²) in [6.07, 6.45) is 3.54. The molecule has 3 rings (SSSR count). The van der Waals surface area contributed by atoms with Crippen molar-refractivity contribution in [2.75, 3.05) is 13.1 Å². The van der Waals surface area contributed by atoms with E-state index in [1.54, 1.807) is 0 Å². The van der Waals surface area contributed by atoms with Crippen LogP contribution in [0.5, 0.6) is 0 Å². The summed E-state index contributed by atoms with van der Waals surface area (Å²) in [4.78, 5) is 25.1. The molecule has 2 N–H and O–H groups in total. The Bertz CT molecular complexity index is 691. The smallest absolute Gasteiger partial charge is 0.317 e. The van der Waals surface area contributed by atoms with Crippen LogP contribution >= 0.6 is 11.6 Å². The number of aliphatic carboxylic acids is 1. The van der Waals surface area contributed by atoms with Crippen molar-refractivity contribution < 1.29 is 23.5 Å². The van der Waals surface area contributed by atoms with Gasteiger partial charge in [0.1, 0.15) is 0 Å². The van der Waals surface area contributed by atoms with Gasteiger partial charge in [-0.1, -0.05) is 11.6 Å². The van der Waals surface area contributed by atoms with Gasteiger partial charge in [-0.3, -0.25) is 14.5 Å². The first-order chi connectivity index (χ1) is 11.8. The summed E-state index contributed by atoms with van der Waals surface area (Å²) in [6, 6.07) is 1.55. The highest BCUT2D eigenvalue weighted by atomic mass is 35.5. The number of carboxylic acid groups (broad SMARTS) is 1. The summed E-state index contributed by atoms with van der Waals surface area (Å²) in [7, 11) is 0. The van der Waals surface area contributed by atoms with Gasteiger partial charge in [-0.15, -0.1) is 0 Å².